The van der Waals surface area contributed by atoms with Crippen molar-refractivity contribution in [2.75, 3.05) is 26.2 Å². The van der Waals surface area contributed by atoms with Crippen LogP contribution in [0.4, 0.5) is 0 Å². The lowest BCUT2D eigenvalue weighted by molar-refractivity contribution is -0.139. The van der Waals surface area contributed by atoms with E-state index in [9.17, 15) is 14.4 Å². The molecule has 2 fully saturated rings. The van der Waals surface area contributed by atoms with Crippen LogP contribution in [-0.4, -0.2) is 65.8 Å². The van der Waals surface area contributed by atoms with Gasteiger partial charge in [0.1, 0.15) is 5.75 Å². The molecule has 176 valence electrons. The second kappa shape index (κ2) is 11.3. The fourth-order valence-corrected chi connectivity index (χ4v) is 4.79. The molecule has 3 amide bonds. The number of ether oxygens (including phenoxy) is 1. The monoisotopic (exact) mass is 443 g/mol. The second-order valence-corrected chi connectivity index (χ2v) is 9.34. The Morgan fingerprint density at radius 3 is 2.31 bits per heavy atom. The molecule has 0 spiro atoms. The maximum Gasteiger partial charge on any atom is 0.260 e. The number of hydrogen-bond acceptors (Lipinski definition) is 4. The Labute approximate surface area is 191 Å². The van der Waals surface area contributed by atoms with Crippen molar-refractivity contribution in [2.24, 2.45) is 5.92 Å². The van der Waals surface area contributed by atoms with E-state index in [4.69, 9.17) is 4.74 Å². The van der Waals surface area contributed by atoms with Crippen LogP contribution in [-0.2, 0) is 9.59 Å². The minimum Gasteiger partial charge on any atom is -0.484 e. The number of likely N-dealkylation sites (tertiary alicyclic amines) is 2. The van der Waals surface area contributed by atoms with E-state index in [1.165, 1.54) is 6.42 Å². The Hall–Kier alpha value is -2.57. The van der Waals surface area contributed by atoms with E-state index in [0.29, 0.717) is 30.2 Å². The summed E-state index contributed by atoms with van der Waals surface area (Å²) in [5.74, 6) is 0.983. The molecule has 7 heteroatoms. The van der Waals surface area contributed by atoms with Gasteiger partial charge in [0.05, 0.1) is 0 Å². The third-order valence-electron chi connectivity index (χ3n) is 6.59. The summed E-state index contributed by atoms with van der Waals surface area (Å²) >= 11 is 0. The predicted octanol–water partition coefficient (Wildman–Crippen LogP) is 3.23. The van der Waals surface area contributed by atoms with Gasteiger partial charge >= 0.3 is 0 Å². The van der Waals surface area contributed by atoms with Crippen LogP contribution in [0.2, 0.25) is 0 Å². The maximum absolute atomic E-state index is 12.6. The number of amides is 3. The molecule has 3 atom stereocenters. The van der Waals surface area contributed by atoms with Crippen molar-refractivity contribution in [1.29, 1.82) is 0 Å². The van der Waals surface area contributed by atoms with Gasteiger partial charge in [-0.15, -0.1) is 0 Å². The summed E-state index contributed by atoms with van der Waals surface area (Å²) in [7, 11) is 0. The van der Waals surface area contributed by atoms with Gasteiger partial charge in [-0.05, 0) is 76.1 Å². The van der Waals surface area contributed by atoms with Crippen LogP contribution >= 0.6 is 0 Å². The first-order valence-corrected chi connectivity index (χ1v) is 11.9. The quantitative estimate of drug-likeness (QED) is 0.702. The minimum absolute atomic E-state index is 0.000661. The highest BCUT2D eigenvalue weighted by Gasteiger charge is 2.29. The molecular formula is C25H37N3O4. The summed E-state index contributed by atoms with van der Waals surface area (Å²) < 4.78 is 5.67. The summed E-state index contributed by atoms with van der Waals surface area (Å²) in [5.41, 5.74) is 0.501. The van der Waals surface area contributed by atoms with Crippen molar-refractivity contribution in [3.05, 3.63) is 29.8 Å². The number of nitrogens with zero attached hydrogens (tertiary/aromatic N) is 2. The highest BCUT2D eigenvalue weighted by Crippen LogP contribution is 2.23. The fraction of sp³-hybridized carbons (Fsp3) is 0.640. The molecule has 1 aromatic rings. The summed E-state index contributed by atoms with van der Waals surface area (Å²) in [6.45, 7) is 8.28. The summed E-state index contributed by atoms with van der Waals surface area (Å²) in [6.07, 6.45) is 5.75. The summed E-state index contributed by atoms with van der Waals surface area (Å²) in [6, 6.07) is 7.24. The predicted molar refractivity (Wildman–Crippen MR) is 123 cm³/mol. The SMILES string of the molecule is CC1CCCN(C(=O)CCNC(=O)c2ccc(OCC(=O)N3C(C)CCCC3C)cc2)C1. The number of carbonyl (C=O) groups is 3. The smallest absolute Gasteiger partial charge is 0.260 e. The Morgan fingerprint density at radius 1 is 0.969 bits per heavy atom. The lowest BCUT2D eigenvalue weighted by atomic mass is 9.97. The molecule has 2 aliphatic heterocycles. The van der Waals surface area contributed by atoms with Crippen molar-refractivity contribution in [3.8, 4) is 5.75 Å². The number of nitrogens with one attached hydrogen (secondary N) is 1. The van der Waals surface area contributed by atoms with Gasteiger partial charge in [0.2, 0.25) is 5.91 Å². The zero-order chi connectivity index (χ0) is 23.1. The Bertz CT molecular complexity index is 785. The molecule has 3 unspecified atom stereocenters. The molecule has 0 aromatic heterocycles. The van der Waals surface area contributed by atoms with E-state index in [0.717, 1.165) is 38.8 Å². The molecule has 0 aliphatic carbocycles. The average molecular weight is 444 g/mol. The van der Waals surface area contributed by atoms with Crippen molar-refractivity contribution in [3.63, 3.8) is 0 Å². The molecule has 7 nitrogen and oxygen atoms in total. The lowest BCUT2D eigenvalue weighted by Crippen LogP contribution is -2.49. The molecule has 2 heterocycles. The largest absolute Gasteiger partial charge is 0.484 e. The Balaban J connectivity index is 1.41. The molecule has 0 radical (unpaired) electrons. The number of rotatable bonds is 7. The zero-order valence-corrected chi connectivity index (χ0v) is 19.6. The number of benzene rings is 1. The first kappa shape index (κ1) is 24.1. The van der Waals surface area contributed by atoms with Gasteiger partial charge in [-0.2, -0.15) is 0 Å². The molecule has 32 heavy (non-hydrogen) atoms. The van der Waals surface area contributed by atoms with Gasteiger partial charge in [0, 0.05) is 43.7 Å². The third kappa shape index (κ3) is 6.47. The maximum atomic E-state index is 12.6. The Morgan fingerprint density at radius 2 is 1.66 bits per heavy atom. The standard InChI is InChI=1S/C25H37N3O4/c1-18-6-5-15-27(16-18)23(29)13-14-26-25(31)21-9-11-22(12-10-21)32-17-24(30)28-19(2)7-4-8-20(28)3/h9-12,18-20H,4-8,13-17H2,1-3H3,(H,26,31). The van der Waals surface area contributed by atoms with Crippen LogP contribution in [0.3, 0.4) is 0 Å². The lowest BCUT2D eigenvalue weighted by Gasteiger charge is -2.38. The molecule has 1 N–H and O–H groups in total. The van der Waals surface area contributed by atoms with Crippen LogP contribution in [0, 0.1) is 5.92 Å². The van der Waals surface area contributed by atoms with Crippen LogP contribution in [0.25, 0.3) is 0 Å². The first-order valence-electron chi connectivity index (χ1n) is 11.9. The van der Waals surface area contributed by atoms with Gasteiger partial charge in [-0.25, -0.2) is 0 Å². The highest BCUT2D eigenvalue weighted by atomic mass is 16.5. The molecule has 0 saturated carbocycles. The number of carbonyl (C=O) groups excluding carboxylic acids is 3. The van der Waals surface area contributed by atoms with Gasteiger partial charge in [0.25, 0.3) is 11.8 Å². The van der Waals surface area contributed by atoms with E-state index in [1.54, 1.807) is 24.3 Å². The van der Waals surface area contributed by atoms with Crippen molar-refractivity contribution < 1.29 is 19.1 Å². The number of hydrogen-bond donors (Lipinski definition) is 1. The van der Waals surface area contributed by atoms with E-state index in [-0.39, 0.29) is 36.4 Å². The number of piperidine rings is 2. The molecule has 2 aliphatic rings. The van der Waals surface area contributed by atoms with Crippen LogP contribution in [0.1, 0.15) is 69.7 Å². The molecule has 1 aromatic carbocycles. The van der Waals surface area contributed by atoms with Crippen molar-refractivity contribution in [1.82, 2.24) is 15.1 Å². The van der Waals surface area contributed by atoms with Crippen molar-refractivity contribution in [2.45, 2.75) is 71.4 Å². The summed E-state index contributed by atoms with van der Waals surface area (Å²) in [4.78, 5) is 41.1. The topological polar surface area (TPSA) is 79.0 Å². The summed E-state index contributed by atoms with van der Waals surface area (Å²) in [5, 5.41) is 2.81. The molecule has 0 bridgehead atoms. The molecule has 3 rings (SSSR count). The van der Waals surface area contributed by atoms with E-state index < -0.39 is 0 Å². The average Bonchev–Trinajstić information content (AvgIpc) is 2.77. The molecule has 2 saturated heterocycles. The van der Waals surface area contributed by atoms with E-state index >= 15 is 0 Å². The molecular weight excluding hydrogens is 406 g/mol. The van der Waals surface area contributed by atoms with E-state index in [1.807, 2.05) is 9.80 Å². The minimum atomic E-state index is -0.219. The van der Waals surface area contributed by atoms with Gasteiger partial charge in [0.15, 0.2) is 6.61 Å². The van der Waals surface area contributed by atoms with Crippen molar-refractivity contribution >= 4 is 17.7 Å². The van der Waals surface area contributed by atoms with Crippen LogP contribution in [0.15, 0.2) is 24.3 Å². The normalized spacial score (nSPS) is 23.5. The second-order valence-electron chi connectivity index (χ2n) is 9.34. The van der Waals surface area contributed by atoms with Crippen LogP contribution < -0.4 is 10.1 Å². The Kier molecular flexibility index (Phi) is 8.53. The van der Waals surface area contributed by atoms with Crippen LogP contribution in [0.5, 0.6) is 5.75 Å². The zero-order valence-electron chi connectivity index (χ0n) is 19.6. The highest BCUT2D eigenvalue weighted by molar-refractivity contribution is 5.94. The van der Waals surface area contributed by atoms with Gasteiger partial charge in [-0.3, -0.25) is 14.4 Å². The third-order valence-corrected chi connectivity index (χ3v) is 6.59. The van der Waals surface area contributed by atoms with Gasteiger partial charge in [-0.1, -0.05) is 6.92 Å². The van der Waals surface area contributed by atoms with E-state index in [2.05, 4.69) is 26.1 Å². The fourth-order valence-electron chi connectivity index (χ4n) is 4.79. The first-order chi connectivity index (χ1) is 15.3. The van der Waals surface area contributed by atoms with Gasteiger partial charge < -0.3 is 19.9 Å².